The number of allylic oxidation sites excluding steroid dienone is 2. The maximum absolute atomic E-state index is 14.8. The molecule has 3 aliphatic heterocycles. The zero-order chi connectivity index (χ0) is 48.3. The van der Waals surface area contributed by atoms with Crippen LogP contribution in [0.25, 0.3) is 38.7 Å². The van der Waals surface area contributed by atoms with Crippen molar-refractivity contribution in [2.75, 3.05) is 44.5 Å². The molecule has 5 N–H and O–H groups in total. The molecule has 10 atom stereocenters. The molecule has 17 heteroatoms. The van der Waals surface area contributed by atoms with E-state index in [2.05, 4.69) is 15.1 Å². The smallest absolute Gasteiger partial charge is 0.307 e. The van der Waals surface area contributed by atoms with E-state index in [1.165, 1.54) is 59.3 Å². The van der Waals surface area contributed by atoms with E-state index in [4.69, 9.17) is 28.3 Å². The number of hydrogen-bond acceptors (Lipinski definition) is 16. The lowest BCUT2D eigenvalue weighted by Gasteiger charge is -2.38. The number of carbonyl (C=O) groups is 2. The van der Waals surface area contributed by atoms with Gasteiger partial charge in [0.2, 0.25) is 10.9 Å². The topological polar surface area (TPSA) is 231 Å². The summed E-state index contributed by atoms with van der Waals surface area (Å²) in [4.78, 5) is 64.2. The SMILES string of the molecule is CO[C@H]1/C=C/O[C@@]2(C)Oc3c(C)c(O)c4c(=O)c(c5oc6cc(N7CC[C@@H](N(C)C)C7)cc(=O)c6nc5c4c3=C2O)NC(=O)/C(C)=C\C=C\[C@H](C)[C@H](O)[C@@H](C)[C@@H](O)[C@@H](C)[C@H](OC(C)=O)[C@@H]1C. The number of benzene rings is 3. The fourth-order valence-electron chi connectivity index (χ4n) is 9.46. The van der Waals surface area contributed by atoms with Crippen LogP contribution in [-0.2, 0) is 23.8 Å². The number of aliphatic hydroxyl groups excluding tert-OH is 3. The van der Waals surface area contributed by atoms with E-state index in [1.54, 1.807) is 45.9 Å². The molecule has 17 nitrogen and oxygen atoms in total. The van der Waals surface area contributed by atoms with Gasteiger partial charge in [-0.15, -0.1) is 0 Å². The third-order valence-electron chi connectivity index (χ3n) is 13.7. The quantitative estimate of drug-likeness (QED) is 0.106. The molecule has 0 unspecified atom stereocenters. The molecule has 66 heavy (non-hydrogen) atoms. The predicted octanol–water partition coefficient (Wildman–Crippen LogP) is 4.70. The summed E-state index contributed by atoms with van der Waals surface area (Å²) in [5.74, 6) is -6.93. The summed E-state index contributed by atoms with van der Waals surface area (Å²) in [5.41, 5.74) is -1.39. The zero-order valence-electron chi connectivity index (χ0n) is 39.2. The first-order valence-electron chi connectivity index (χ1n) is 22.1. The maximum atomic E-state index is 14.8. The van der Waals surface area contributed by atoms with Gasteiger partial charge in [0.25, 0.3) is 5.91 Å². The van der Waals surface area contributed by atoms with E-state index in [0.29, 0.717) is 18.8 Å². The van der Waals surface area contributed by atoms with Crippen molar-refractivity contribution in [2.45, 2.75) is 98.1 Å². The number of methoxy groups -OCH3 is 1. The van der Waals surface area contributed by atoms with Crippen molar-refractivity contribution in [3.63, 3.8) is 0 Å². The Hall–Kier alpha value is -6.01. The van der Waals surface area contributed by atoms with Crippen molar-refractivity contribution in [3.8, 4) is 11.5 Å². The molecule has 3 aromatic carbocycles. The van der Waals surface area contributed by atoms with E-state index in [-0.39, 0.29) is 66.8 Å². The molecule has 0 saturated carbocycles. The van der Waals surface area contributed by atoms with Crippen LogP contribution < -0.4 is 31.0 Å². The molecule has 0 aliphatic carbocycles. The first-order valence-corrected chi connectivity index (χ1v) is 22.1. The van der Waals surface area contributed by atoms with Gasteiger partial charge in [-0.05, 0) is 40.4 Å². The number of aliphatic hydroxyl groups is 3. The predicted molar refractivity (Wildman–Crippen MR) is 249 cm³/mol. The normalized spacial score (nSPS) is 30.7. The molecule has 4 bridgehead atoms. The summed E-state index contributed by atoms with van der Waals surface area (Å²) in [5, 5.41) is 49.2. The van der Waals surface area contributed by atoms with Crippen molar-refractivity contribution < 1.29 is 53.4 Å². The van der Waals surface area contributed by atoms with Crippen LogP contribution in [0, 0.1) is 30.6 Å². The van der Waals surface area contributed by atoms with Gasteiger partial charge >= 0.3 is 11.8 Å². The third-order valence-corrected chi connectivity index (χ3v) is 13.7. The number of nitrogens with zero attached hydrogens (tertiary/aromatic N) is 3. The lowest BCUT2D eigenvalue weighted by Crippen LogP contribution is -2.46. The number of hydrogen-bond donors (Lipinski definition) is 5. The summed E-state index contributed by atoms with van der Waals surface area (Å²) in [6.07, 6.45) is 4.43. The highest BCUT2D eigenvalue weighted by Crippen LogP contribution is 2.42. The number of carbonyl (C=O) groups excluding carboxylic acids is 2. The van der Waals surface area contributed by atoms with Crippen LogP contribution in [0.5, 0.6) is 11.5 Å². The number of amides is 1. The molecular weight excluding hydrogens is 853 g/mol. The van der Waals surface area contributed by atoms with Gasteiger partial charge in [-0.25, -0.2) is 4.98 Å². The van der Waals surface area contributed by atoms with E-state index < -0.39 is 88.1 Å². The van der Waals surface area contributed by atoms with Gasteiger partial charge in [-0.3, -0.25) is 19.2 Å². The Bertz CT molecular complexity index is 2870. The standard InChI is InChI=1S/C49H60N4O13/c1-22-13-12-14-23(2)48(61)51-39-43(59)35-34(38-46(39)65-33-20-30(19-31(55)37(33)50-38)53-17-15-29(21-53)52(9)10)36-45(27(6)42(35)58)66-49(8,47(36)60)63-18-16-32(62-11)24(3)44(64-28(7)54)26(5)41(57)25(4)40(22)56/h12-14,16,18-20,22,24-26,29,32,40-41,44,56-58,60H,15,17,21H2,1-11H3,(H,51,61)/b13-12+,18-16+,23-14-/t22-,24+,25+,26+,29+,32-,40-,41+,44+,49-/m0/s1. The lowest BCUT2D eigenvalue weighted by molar-refractivity contribution is -0.160. The van der Waals surface area contributed by atoms with Gasteiger partial charge in [0, 0.05) is 98.1 Å². The van der Waals surface area contributed by atoms with Crippen LogP contribution in [0.4, 0.5) is 11.4 Å². The minimum atomic E-state index is -1.98. The van der Waals surface area contributed by atoms with Gasteiger partial charge in [-0.2, -0.15) is 0 Å². The molecule has 1 aromatic heterocycles. The first-order chi connectivity index (χ1) is 31.1. The second kappa shape index (κ2) is 18.3. The van der Waals surface area contributed by atoms with Gasteiger partial charge in [0.15, 0.2) is 22.4 Å². The summed E-state index contributed by atoms with van der Waals surface area (Å²) < 4.78 is 30.5. The number of rotatable bonds is 4. The average molecular weight is 913 g/mol. The van der Waals surface area contributed by atoms with Crippen molar-refractivity contribution >= 4 is 62.0 Å². The monoisotopic (exact) mass is 912 g/mol. The fourth-order valence-corrected chi connectivity index (χ4v) is 9.46. The highest BCUT2D eigenvalue weighted by molar-refractivity contribution is 6.16. The van der Waals surface area contributed by atoms with Gasteiger partial charge in [0.1, 0.15) is 28.8 Å². The molecule has 354 valence electrons. The van der Waals surface area contributed by atoms with E-state index in [1.807, 2.05) is 14.1 Å². The molecule has 0 radical (unpaired) electrons. The number of aromatic nitrogens is 1. The Labute approximate surface area is 381 Å². The van der Waals surface area contributed by atoms with Gasteiger partial charge < -0.3 is 58.9 Å². The van der Waals surface area contributed by atoms with E-state index in [9.17, 15) is 39.6 Å². The van der Waals surface area contributed by atoms with E-state index >= 15 is 0 Å². The number of aromatic hydroxyl groups is 1. The number of anilines is 2. The highest BCUT2D eigenvalue weighted by atomic mass is 16.7. The number of likely N-dealkylation sites (N-methyl/N-ethyl adjacent to an activating group) is 1. The highest BCUT2D eigenvalue weighted by Gasteiger charge is 2.44. The largest absolute Gasteiger partial charge is 0.507 e. The Kier molecular flexibility index (Phi) is 13.3. The lowest BCUT2D eigenvalue weighted by atomic mass is 9.78. The molecule has 4 heterocycles. The number of ether oxygens (including phenoxy) is 4. The molecule has 1 amide bonds. The van der Waals surface area contributed by atoms with Crippen LogP contribution in [0.1, 0.15) is 60.5 Å². The molecule has 7 rings (SSSR count). The first kappa shape index (κ1) is 47.9. The number of phenolic OH excluding ortho intramolecular Hbond substituents is 1. The second-order valence-corrected chi connectivity index (χ2v) is 18.4. The summed E-state index contributed by atoms with van der Waals surface area (Å²) >= 11 is 0. The minimum absolute atomic E-state index is 0.0331. The van der Waals surface area contributed by atoms with Crippen LogP contribution in [0.3, 0.4) is 0 Å². The molecule has 0 spiro atoms. The number of phenols is 1. The summed E-state index contributed by atoms with van der Waals surface area (Å²) in [7, 11) is 5.43. The molecule has 1 fully saturated rings. The Morgan fingerprint density at radius 3 is 2.35 bits per heavy atom. The van der Waals surface area contributed by atoms with E-state index in [0.717, 1.165) is 6.42 Å². The van der Waals surface area contributed by atoms with Gasteiger partial charge in [0.05, 0.1) is 35.2 Å². The zero-order valence-corrected chi connectivity index (χ0v) is 39.2. The van der Waals surface area contributed by atoms with Crippen molar-refractivity contribution in [1.29, 1.82) is 0 Å². The van der Waals surface area contributed by atoms with Crippen molar-refractivity contribution in [1.82, 2.24) is 9.88 Å². The van der Waals surface area contributed by atoms with Crippen LogP contribution in [0.2, 0.25) is 0 Å². The number of nitrogens with one attached hydrogen (secondary N) is 1. The van der Waals surface area contributed by atoms with Crippen LogP contribution in [0.15, 0.2) is 62.3 Å². The van der Waals surface area contributed by atoms with Crippen molar-refractivity contribution in [2.24, 2.45) is 23.7 Å². The fraction of sp³-hybridized carbons (Fsp3) is 0.490. The average Bonchev–Trinajstić information content (AvgIpc) is 3.88. The molecular formula is C49H60N4O13. The van der Waals surface area contributed by atoms with Crippen LogP contribution >= 0.6 is 0 Å². The summed E-state index contributed by atoms with van der Waals surface area (Å²) in [6, 6.07) is 3.38. The Morgan fingerprint density at radius 2 is 1.70 bits per heavy atom. The Balaban J connectivity index is 1.48. The third kappa shape index (κ3) is 8.48. The second-order valence-electron chi connectivity index (χ2n) is 18.4. The maximum Gasteiger partial charge on any atom is 0.307 e. The molecule has 3 aliphatic rings. The van der Waals surface area contributed by atoms with Crippen molar-refractivity contribution in [3.05, 3.63) is 79.5 Å². The Morgan fingerprint density at radius 1 is 0.985 bits per heavy atom. The number of esters is 1. The minimum Gasteiger partial charge on any atom is -0.507 e. The number of fused-ring (bicyclic) bond motifs is 2. The van der Waals surface area contributed by atoms with Gasteiger partial charge in [-0.1, -0.05) is 45.9 Å². The molecule has 1 saturated heterocycles. The summed E-state index contributed by atoms with van der Waals surface area (Å²) in [6.45, 7) is 13.9. The van der Waals surface area contributed by atoms with Crippen LogP contribution in [-0.4, -0.2) is 113 Å². The molecule has 4 aromatic rings.